The number of nitrogen functional groups attached to an aromatic ring is 1. The Morgan fingerprint density at radius 2 is 2.00 bits per heavy atom. The molecule has 0 aliphatic carbocycles. The summed E-state index contributed by atoms with van der Waals surface area (Å²) in [5.41, 5.74) is 7.12. The van der Waals surface area contributed by atoms with Gasteiger partial charge < -0.3 is 10.6 Å². The lowest BCUT2D eigenvalue weighted by atomic mass is 10.2. The minimum Gasteiger partial charge on any atom is -0.397 e. The maximum atomic E-state index is 11.3. The van der Waals surface area contributed by atoms with E-state index in [1.807, 2.05) is 6.92 Å². The van der Waals surface area contributed by atoms with Crippen LogP contribution in [0.2, 0.25) is 0 Å². The summed E-state index contributed by atoms with van der Waals surface area (Å²) in [7, 11) is 0. The zero-order valence-corrected chi connectivity index (χ0v) is 10.7. The molecule has 1 fully saturated rings. The second-order valence-electron chi connectivity index (χ2n) is 3.80. The van der Waals surface area contributed by atoms with E-state index in [4.69, 9.17) is 5.73 Å². The third-order valence-corrected chi connectivity index (χ3v) is 3.48. The predicted molar refractivity (Wildman–Crippen MR) is 66.4 cm³/mol. The molecule has 6 nitrogen and oxygen atoms in total. The SMILES string of the molecule is Cc1c(N)cnc(N2CC(=O)NC(=O)C2)c1Br. The van der Waals surface area contributed by atoms with Crippen molar-refractivity contribution in [3.63, 3.8) is 0 Å². The number of carbonyl (C=O) groups excluding carboxylic acids is 2. The Labute approximate surface area is 106 Å². The van der Waals surface area contributed by atoms with Crippen LogP contribution in [0.3, 0.4) is 0 Å². The summed E-state index contributed by atoms with van der Waals surface area (Å²) >= 11 is 3.38. The van der Waals surface area contributed by atoms with Gasteiger partial charge in [-0.2, -0.15) is 0 Å². The topological polar surface area (TPSA) is 88.3 Å². The molecule has 0 atom stereocenters. The highest BCUT2D eigenvalue weighted by Gasteiger charge is 2.25. The first-order valence-corrected chi connectivity index (χ1v) is 5.76. The maximum Gasteiger partial charge on any atom is 0.246 e. The van der Waals surface area contributed by atoms with Crippen LogP contribution in [-0.2, 0) is 9.59 Å². The fourth-order valence-electron chi connectivity index (χ4n) is 1.59. The monoisotopic (exact) mass is 298 g/mol. The van der Waals surface area contributed by atoms with Gasteiger partial charge >= 0.3 is 0 Å². The minimum absolute atomic E-state index is 0.112. The highest BCUT2D eigenvalue weighted by Crippen LogP contribution is 2.30. The largest absolute Gasteiger partial charge is 0.397 e. The van der Waals surface area contributed by atoms with E-state index in [0.717, 1.165) is 5.56 Å². The summed E-state index contributed by atoms with van der Waals surface area (Å²) in [6, 6.07) is 0. The third kappa shape index (κ3) is 2.23. The number of halogens is 1. The summed E-state index contributed by atoms with van der Waals surface area (Å²) in [6.45, 7) is 2.07. The lowest BCUT2D eigenvalue weighted by Crippen LogP contribution is -2.51. The third-order valence-electron chi connectivity index (χ3n) is 2.53. The first kappa shape index (κ1) is 11.8. The average molecular weight is 299 g/mol. The molecule has 90 valence electrons. The first-order valence-electron chi connectivity index (χ1n) is 4.97. The van der Waals surface area contributed by atoms with Crippen molar-refractivity contribution in [3.05, 3.63) is 16.2 Å². The maximum absolute atomic E-state index is 11.3. The lowest BCUT2D eigenvalue weighted by Gasteiger charge is -2.27. The van der Waals surface area contributed by atoms with Crippen LogP contribution in [0.25, 0.3) is 0 Å². The zero-order valence-electron chi connectivity index (χ0n) is 9.16. The Balaban J connectivity index is 2.37. The van der Waals surface area contributed by atoms with Gasteiger partial charge in [-0.3, -0.25) is 14.9 Å². The number of anilines is 2. The van der Waals surface area contributed by atoms with Gasteiger partial charge in [-0.15, -0.1) is 0 Å². The van der Waals surface area contributed by atoms with Crippen molar-refractivity contribution in [2.75, 3.05) is 23.7 Å². The molecule has 7 heteroatoms. The van der Waals surface area contributed by atoms with Gasteiger partial charge in [0.1, 0.15) is 5.82 Å². The summed E-state index contributed by atoms with van der Waals surface area (Å²) in [4.78, 5) is 28.3. The molecule has 2 heterocycles. The van der Waals surface area contributed by atoms with E-state index in [2.05, 4.69) is 26.2 Å². The van der Waals surface area contributed by atoms with Gasteiger partial charge in [0.25, 0.3) is 0 Å². The van der Waals surface area contributed by atoms with Gasteiger partial charge in [-0.25, -0.2) is 4.98 Å². The first-order chi connectivity index (χ1) is 7.99. The predicted octanol–water partition coefficient (Wildman–Crippen LogP) is 0.198. The molecule has 2 amide bonds. The van der Waals surface area contributed by atoms with Gasteiger partial charge in [0, 0.05) is 0 Å². The van der Waals surface area contributed by atoms with E-state index in [1.165, 1.54) is 6.20 Å². The summed E-state index contributed by atoms with van der Waals surface area (Å²) in [5, 5.41) is 2.24. The number of hydrogen-bond acceptors (Lipinski definition) is 5. The molecule has 17 heavy (non-hydrogen) atoms. The quantitative estimate of drug-likeness (QED) is 0.723. The van der Waals surface area contributed by atoms with Crippen molar-refractivity contribution in [2.45, 2.75) is 6.92 Å². The van der Waals surface area contributed by atoms with Crippen molar-refractivity contribution in [2.24, 2.45) is 0 Å². The van der Waals surface area contributed by atoms with E-state index < -0.39 is 0 Å². The summed E-state index contributed by atoms with van der Waals surface area (Å²) in [5.74, 6) is -0.103. The molecular formula is C10H11BrN4O2. The van der Waals surface area contributed by atoms with E-state index in [1.54, 1.807) is 4.90 Å². The zero-order chi connectivity index (χ0) is 12.6. The van der Waals surface area contributed by atoms with Crippen LogP contribution in [0.1, 0.15) is 5.56 Å². The number of aromatic nitrogens is 1. The smallest absolute Gasteiger partial charge is 0.246 e. The molecule has 3 N–H and O–H groups in total. The minimum atomic E-state index is -0.329. The molecule has 2 rings (SSSR count). The van der Waals surface area contributed by atoms with E-state index >= 15 is 0 Å². The molecule has 0 radical (unpaired) electrons. The van der Waals surface area contributed by atoms with E-state index in [-0.39, 0.29) is 24.9 Å². The van der Waals surface area contributed by atoms with Gasteiger partial charge in [-0.05, 0) is 28.4 Å². The number of nitrogens with zero attached hydrogens (tertiary/aromatic N) is 2. The molecule has 1 aliphatic heterocycles. The standard InChI is InChI=1S/C10H11BrN4O2/c1-5-6(12)2-13-10(9(5)11)15-3-7(16)14-8(17)4-15/h2H,3-4,12H2,1H3,(H,14,16,17). The van der Waals surface area contributed by atoms with Crippen molar-refractivity contribution < 1.29 is 9.59 Å². The fraction of sp³-hybridized carbons (Fsp3) is 0.300. The normalized spacial score (nSPS) is 16.0. The van der Waals surface area contributed by atoms with Gasteiger partial charge in [0.05, 0.1) is 29.4 Å². The number of amides is 2. The van der Waals surface area contributed by atoms with Crippen LogP contribution < -0.4 is 16.0 Å². The van der Waals surface area contributed by atoms with Crippen molar-refractivity contribution >= 4 is 39.2 Å². The number of nitrogens with one attached hydrogen (secondary N) is 1. The Hall–Kier alpha value is -1.63. The molecule has 0 spiro atoms. The average Bonchev–Trinajstić information content (AvgIpc) is 2.24. The van der Waals surface area contributed by atoms with Crippen LogP contribution in [0.4, 0.5) is 11.5 Å². The van der Waals surface area contributed by atoms with E-state index in [9.17, 15) is 9.59 Å². The Morgan fingerprint density at radius 1 is 1.41 bits per heavy atom. The Kier molecular flexibility index (Phi) is 3.01. The van der Waals surface area contributed by atoms with Crippen LogP contribution in [0, 0.1) is 6.92 Å². The van der Waals surface area contributed by atoms with Crippen LogP contribution in [-0.4, -0.2) is 29.9 Å². The highest BCUT2D eigenvalue weighted by molar-refractivity contribution is 9.10. The van der Waals surface area contributed by atoms with E-state index in [0.29, 0.717) is 16.0 Å². The number of carbonyl (C=O) groups is 2. The molecule has 1 aromatic heterocycles. The number of imide groups is 1. The molecule has 1 aromatic rings. The number of hydrogen-bond donors (Lipinski definition) is 2. The molecule has 0 bridgehead atoms. The number of pyridine rings is 1. The van der Waals surface area contributed by atoms with Gasteiger partial charge in [-0.1, -0.05) is 0 Å². The Bertz CT molecular complexity index is 487. The second kappa shape index (κ2) is 4.33. The van der Waals surface area contributed by atoms with Gasteiger partial charge in [0.2, 0.25) is 11.8 Å². The van der Waals surface area contributed by atoms with Crippen LogP contribution >= 0.6 is 15.9 Å². The molecule has 0 saturated carbocycles. The second-order valence-corrected chi connectivity index (χ2v) is 4.60. The Morgan fingerprint density at radius 3 is 2.59 bits per heavy atom. The molecule has 0 aromatic carbocycles. The summed E-state index contributed by atoms with van der Waals surface area (Å²) in [6.07, 6.45) is 1.52. The summed E-state index contributed by atoms with van der Waals surface area (Å²) < 4.78 is 0.708. The molecule has 0 unspecified atom stereocenters. The number of nitrogens with two attached hydrogens (primary N) is 1. The molecule has 1 aliphatic rings. The number of piperazine rings is 1. The molecular weight excluding hydrogens is 288 g/mol. The highest BCUT2D eigenvalue weighted by atomic mass is 79.9. The number of rotatable bonds is 1. The molecule has 1 saturated heterocycles. The van der Waals surface area contributed by atoms with Crippen molar-refractivity contribution in [1.29, 1.82) is 0 Å². The van der Waals surface area contributed by atoms with Crippen LogP contribution in [0.15, 0.2) is 10.7 Å². The van der Waals surface area contributed by atoms with Crippen molar-refractivity contribution in [3.8, 4) is 0 Å². The van der Waals surface area contributed by atoms with Crippen molar-refractivity contribution in [1.82, 2.24) is 10.3 Å². The fourth-order valence-corrected chi connectivity index (χ4v) is 2.17. The van der Waals surface area contributed by atoms with Gasteiger partial charge in [0.15, 0.2) is 0 Å². The van der Waals surface area contributed by atoms with Crippen LogP contribution in [0.5, 0.6) is 0 Å². The lowest BCUT2D eigenvalue weighted by molar-refractivity contribution is -0.130.